The van der Waals surface area contributed by atoms with Gasteiger partial charge in [-0.15, -0.1) is 0 Å². The lowest BCUT2D eigenvalue weighted by Crippen LogP contribution is -2.11. The Bertz CT molecular complexity index is 976. The maximum atomic E-state index is 13.0. The molecular formula is C18H13F6N3. The predicted molar refractivity (Wildman–Crippen MR) is 88.7 cm³/mol. The molecule has 0 saturated carbocycles. The van der Waals surface area contributed by atoms with Crippen LogP contribution in [0.4, 0.5) is 37.8 Å². The van der Waals surface area contributed by atoms with Crippen LogP contribution >= 0.6 is 0 Å². The highest BCUT2D eigenvalue weighted by Gasteiger charge is 2.37. The van der Waals surface area contributed by atoms with Gasteiger partial charge in [0.25, 0.3) is 0 Å². The second-order valence-electron chi connectivity index (χ2n) is 6.10. The Morgan fingerprint density at radius 2 is 1.30 bits per heavy atom. The van der Waals surface area contributed by atoms with E-state index >= 15 is 0 Å². The van der Waals surface area contributed by atoms with Gasteiger partial charge in [0.15, 0.2) is 0 Å². The SMILES string of the molecule is Cc1cc2ncnc(Nc3cc(C(F)(F)F)cc(C(F)(F)F)c3)c2cc1C. The molecule has 2 aromatic carbocycles. The first-order valence-corrected chi connectivity index (χ1v) is 7.73. The van der Waals surface area contributed by atoms with E-state index in [1.54, 1.807) is 12.1 Å². The van der Waals surface area contributed by atoms with Gasteiger partial charge in [-0.3, -0.25) is 0 Å². The maximum absolute atomic E-state index is 13.0. The largest absolute Gasteiger partial charge is 0.416 e. The molecule has 0 unspecified atom stereocenters. The van der Waals surface area contributed by atoms with Crippen LogP contribution in [-0.2, 0) is 12.4 Å². The van der Waals surface area contributed by atoms with Gasteiger partial charge in [-0.2, -0.15) is 26.3 Å². The van der Waals surface area contributed by atoms with Crippen molar-refractivity contribution in [3.63, 3.8) is 0 Å². The van der Waals surface area contributed by atoms with E-state index in [4.69, 9.17) is 0 Å². The molecule has 9 heteroatoms. The summed E-state index contributed by atoms with van der Waals surface area (Å²) in [5, 5.41) is 3.06. The van der Waals surface area contributed by atoms with Crippen molar-refractivity contribution >= 4 is 22.4 Å². The Morgan fingerprint density at radius 1 is 0.741 bits per heavy atom. The topological polar surface area (TPSA) is 37.8 Å². The summed E-state index contributed by atoms with van der Waals surface area (Å²) in [6, 6.07) is 4.81. The zero-order valence-corrected chi connectivity index (χ0v) is 14.1. The summed E-state index contributed by atoms with van der Waals surface area (Å²) in [5.74, 6) is 0.121. The predicted octanol–water partition coefficient (Wildman–Crippen LogP) is 6.03. The number of fused-ring (bicyclic) bond motifs is 1. The first kappa shape index (κ1) is 18.9. The molecule has 0 aliphatic heterocycles. The summed E-state index contributed by atoms with van der Waals surface area (Å²) >= 11 is 0. The smallest absolute Gasteiger partial charge is 0.340 e. The van der Waals surface area contributed by atoms with Crippen molar-refractivity contribution < 1.29 is 26.3 Å². The third-order valence-corrected chi connectivity index (χ3v) is 4.10. The van der Waals surface area contributed by atoms with Crippen LogP contribution < -0.4 is 5.32 Å². The van der Waals surface area contributed by atoms with Crippen LogP contribution in [0.25, 0.3) is 10.9 Å². The number of benzene rings is 2. The monoisotopic (exact) mass is 385 g/mol. The minimum atomic E-state index is -4.92. The van der Waals surface area contributed by atoms with Crippen LogP contribution in [0.1, 0.15) is 22.3 Å². The summed E-state index contributed by atoms with van der Waals surface area (Å²) in [7, 11) is 0. The Hall–Kier alpha value is -2.84. The molecule has 0 spiro atoms. The lowest BCUT2D eigenvalue weighted by molar-refractivity contribution is -0.143. The quantitative estimate of drug-likeness (QED) is 0.548. The first-order valence-electron chi connectivity index (χ1n) is 7.73. The number of aromatic nitrogens is 2. The molecular weight excluding hydrogens is 372 g/mol. The van der Waals surface area contributed by atoms with Gasteiger partial charge in [-0.05, 0) is 55.3 Å². The number of nitrogens with one attached hydrogen (secondary N) is 1. The molecule has 1 N–H and O–H groups in total. The Morgan fingerprint density at radius 3 is 1.85 bits per heavy atom. The summed E-state index contributed by atoms with van der Waals surface area (Å²) in [6.45, 7) is 3.70. The third kappa shape index (κ3) is 3.96. The van der Waals surface area contributed by atoms with Gasteiger partial charge in [0, 0.05) is 11.1 Å². The van der Waals surface area contributed by atoms with E-state index in [0.29, 0.717) is 23.0 Å². The molecule has 0 aliphatic carbocycles. The summed E-state index contributed by atoms with van der Waals surface area (Å²) < 4.78 is 78.0. The van der Waals surface area contributed by atoms with Gasteiger partial charge in [0.2, 0.25) is 0 Å². The molecule has 0 fully saturated rings. The molecule has 0 radical (unpaired) electrons. The van der Waals surface area contributed by atoms with E-state index in [9.17, 15) is 26.3 Å². The molecule has 3 aromatic rings. The van der Waals surface area contributed by atoms with Gasteiger partial charge in [0.1, 0.15) is 12.1 Å². The fourth-order valence-corrected chi connectivity index (χ4v) is 2.58. The zero-order valence-electron chi connectivity index (χ0n) is 14.1. The fourth-order valence-electron chi connectivity index (χ4n) is 2.58. The van der Waals surface area contributed by atoms with Gasteiger partial charge >= 0.3 is 12.4 Å². The lowest BCUT2D eigenvalue weighted by atomic mass is 10.1. The van der Waals surface area contributed by atoms with Crippen molar-refractivity contribution in [3.8, 4) is 0 Å². The molecule has 1 heterocycles. The van der Waals surface area contributed by atoms with Gasteiger partial charge in [0.05, 0.1) is 16.6 Å². The average Bonchev–Trinajstić information content (AvgIpc) is 2.55. The van der Waals surface area contributed by atoms with E-state index < -0.39 is 23.5 Å². The molecule has 1 aromatic heterocycles. The molecule has 142 valence electrons. The summed E-state index contributed by atoms with van der Waals surface area (Å²) in [4.78, 5) is 8.06. The molecule has 0 atom stereocenters. The Balaban J connectivity index is 2.13. The standard InChI is InChI=1S/C18H13F6N3/c1-9-3-14-15(4-10(9)2)25-8-26-16(14)27-13-6-11(17(19,20)21)5-12(7-13)18(22,23)24/h3-8H,1-2H3,(H,25,26,27). The maximum Gasteiger partial charge on any atom is 0.416 e. The second-order valence-corrected chi connectivity index (χ2v) is 6.10. The number of halogens is 6. The molecule has 0 bridgehead atoms. The fraction of sp³-hybridized carbons (Fsp3) is 0.222. The van der Waals surface area contributed by atoms with E-state index in [-0.39, 0.29) is 17.6 Å². The van der Waals surface area contributed by atoms with Crippen molar-refractivity contribution in [2.24, 2.45) is 0 Å². The van der Waals surface area contributed by atoms with Gasteiger partial charge < -0.3 is 5.32 Å². The molecule has 0 amide bonds. The number of rotatable bonds is 2. The summed E-state index contributed by atoms with van der Waals surface area (Å²) in [6.07, 6.45) is -8.64. The van der Waals surface area contributed by atoms with Crippen LogP contribution in [0.5, 0.6) is 0 Å². The second kappa shape index (κ2) is 6.40. The minimum absolute atomic E-state index is 0.0801. The lowest BCUT2D eigenvalue weighted by Gasteiger charge is -2.16. The van der Waals surface area contributed by atoms with Crippen LogP contribution in [0.2, 0.25) is 0 Å². The van der Waals surface area contributed by atoms with Crippen LogP contribution in [-0.4, -0.2) is 9.97 Å². The van der Waals surface area contributed by atoms with E-state index in [1.165, 1.54) is 6.33 Å². The van der Waals surface area contributed by atoms with Crippen molar-refractivity contribution in [1.29, 1.82) is 0 Å². The average molecular weight is 385 g/mol. The van der Waals surface area contributed by atoms with Gasteiger partial charge in [-0.1, -0.05) is 0 Å². The van der Waals surface area contributed by atoms with Crippen LogP contribution in [0.15, 0.2) is 36.7 Å². The van der Waals surface area contributed by atoms with Crippen molar-refractivity contribution in [3.05, 3.63) is 58.9 Å². The molecule has 0 aliphatic rings. The first-order chi connectivity index (χ1) is 12.4. The van der Waals surface area contributed by atoms with Gasteiger partial charge in [-0.25, -0.2) is 9.97 Å². The van der Waals surface area contributed by atoms with Crippen LogP contribution in [0, 0.1) is 13.8 Å². The van der Waals surface area contributed by atoms with E-state index in [0.717, 1.165) is 11.1 Å². The van der Waals surface area contributed by atoms with E-state index in [1.807, 2.05) is 13.8 Å². The van der Waals surface area contributed by atoms with Crippen molar-refractivity contribution in [2.75, 3.05) is 5.32 Å². The van der Waals surface area contributed by atoms with Crippen molar-refractivity contribution in [1.82, 2.24) is 9.97 Å². The van der Waals surface area contributed by atoms with Crippen molar-refractivity contribution in [2.45, 2.75) is 26.2 Å². The Labute approximate surface area is 150 Å². The molecule has 3 rings (SSSR count). The Kier molecular flexibility index (Phi) is 4.49. The minimum Gasteiger partial charge on any atom is -0.340 e. The highest BCUT2D eigenvalue weighted by Crippen LogP contribution is 2.38. The third-order valence-electron chi connectivity index (χ3n) is 4.10. The number of aryl methyl sites for hydroxylation is 2. The van der Waals surface area contributed by atoms with E-state index in [2.05, 4.69) is 15.3 Å². The number of anilines is 2. The highest BCUT2D eigenvalue weighted by atomic mass is 19.4. The zero-order chi connectivity index (χ0) is 20.0. The number of hydrogen-bond donors (Lipinski definition) is 1. The molecule has 0 saturated heterocycles. The number of hydrogen-bond acceptors (Lipinski definition) is 3. The van der Waals surface area contributed by atoms with Crippen LogP contribution in [0.3, 0.4) is 0 Å². The molecule has 27 heavy (non-hydrogen) atoms. The number of nitrogens with zero attached hydrogens (tertiary/aromatic N) is 2. The normalized spacial score (nSPS) is 12.4. The highest BCUT2D eigenvalue weighted by molar-refractivity contribution is 5.91. The summed E-state index contributed by atoms with van der Waals surface area (Å²) in [5.41, 5.74) is -0.796. The number of alkyl halides is 6. The molecule has 3 nitrogen and oxygen atoms in total.